The molecule has 0 saturated carbocycles. The van der Waals surface area contributed by atoms with Gasteiger partial charge in [-0.15, -0.1) is 22.7 Å². The molecule has 0 spiro atoms. The normalized spacial score (nSPS) is 10.9. The van der Waals surface area contributed by atoms with E-state index < -0.39 is 0 Å². The van der Waals surface area contributed by atoms with E-state index in [4.69, 9.17) is 4.52 Å². The van der Waals surface area contributed by atoms with Gasteiger partial charge < -0.3 is 9.84 Å². The Bertz CT molecular complexity index is 799. The van der Waals surface area contributed by atoms with Gasteiger partial charge in [-0.2, -0.15) is 0 Å². The molecule has 0 unspecified atom stereocenters. The molecule has 23 heavy (non-hydrogen) atoms. The standard InChI is InChI=1S/C16H17N3O2S2/c1-9-12(11(3)21-19-9)7-15(20)17-8-14-10(2)18-16(23-14)13-5-4-6-22-13/h4-6H,7-8H2,1-3H3,(H,17,20). The Morgan fingerprint density at radius 1 is 1.30 bits per heavy atom. The van der Waals surface area contributed by atoms with Gasteiger partial charge in [0, 0.05) is 10.4 Å². The lowest BCUT2D eigenvalue weighted by atomic mass is 10.1. The van der Waals surface area contributed by atoms with Gasteiger partial charge in [-0.05, 0) is 32.2 Å². The van der Waals surface area contributed by atoms with E-state index in [1.807, 2.05) is 32.2 Å². The van der Waals surface area contributed by atoms with E-state index in [0.717, 1.165) is 31.7 Å². The highest BCUT2D eigenvalue weighted by Gasteiger charge is 2.15. The molecular formula is C16H17N3O2S2. The highest BCUT2D eigenvalue weighted by molar-refractivity contribution is 7.21. The van der Waals surface area contributed by atoms with Crippen LogP contribution in [0.4, 0.5) is 0 Å². The van der Waals surface area contributed by atoms with Gasteiger partial charge in [-0.1, -0.05) is 11.2 Å². The number of aromatic nitrogens is 2. The smallest absolute Gasteiger partial charge is 0.224 e. The summed E-state index contributed by atoms with van der Waals surface area (Å²) in [5.74, 6) is 0.663. The fraction of sp³-hybridized carbons (Fsp3) is 0.312. The molecule has 0 radical (unpaired) electrons. The summed E-state index contributed by atoms with van der Waals surface area (Å²) in [6.45, 7) is 6.14. The number of hydrogen-bond acceptors (Lipinski definition) is 6. The summed E-state index contributed by atoms with van der Waals surface area (Å²) >= 11 is 3.30. The summed E-state index contributed by atoms with van der Waals surface area (Å²) in [6.07, 6.45) is 0.288. The van der Waals surface area contributed by atoms with Gasteiger partial charge in [0.25, 0.3) is 0 Å². The second kappa shape index (κ2) is 6.64. The molecule has 3 aromatic rings. The van der Waals surface area contributed by atoms with Gasteiger partial charge in [0.15, 0.2) is 0 Å². The second-order valence-corrected chi connectivity index (χ2v) is 7.29. The number of amides is 1. The molecule has 0 aliphatic heterocycles. The first kappa shape index (κ1) is 15.9. The van der Waals surface area contributed by atoms with Crippen molar-refractivity contribution in [2.24, 2.45) is 0 Å². The molecule has 1 amide bonds. The van der Waals surface area contributed by atoms with Crippen molar-refractivity contribution in [3.63, 3.8) is 0 Å². The Labute approximate surface area is 142 Å². The molecule has 0 aliphatic rings. The number of aryl methyl sites for hydroxylation is 3. The number of rotatable bonds is 5. The van der Waals surface area contributed by atoms with Gasteiger partial charge in [0.2, 0.25) is 5.91 Å². The Kier molecular flexibility index (Phi) is 4.58. The quantitative estimate of drug-likeness (QED) is 0.765. The zero-order valence-electron chi connectivity index (χ0n) is 13.2. The van der Waals surface area contributed by atoms with Crippen LogP contribution in [-0.4, -0.2) is 16.0 Å². The first-order chi connectivity index (χ1) is 11.0. The maximum Gasteiger partial charge on any atom is 0.224 e. The van der Waals surface area contributed by atoms with Crippen molar-refractivity contribution in [2.75, 3.05) is 0 Å². The van der Waals surface area contributed by atoms with Crippen LogP contribution in [0.5, 0.6) is 0 Å². The molecule has 3 rings (SSSR count). The van der Waals surface area contributed by atoms with Crippen molar-refractivity contribution in [3.05, 3.63) is 45.1 Å². The Balaban J connectivity index is 1.63. The van der Waals surface area contributed by atoms with Crippen LogP contribution in [0.2, 0.25) is 0 Å². The summed E-state index contributed by atoms with van der Waals surface area (Å²) in [4.78, 5) is 19.0. The zero-order valence-corrected chi connectivity index (χ0v) is 14.8. The Hall–Kier alpha value is -1.99. The van der Waals surface area contributed by atoms with Crippen molar-refractivity contribution in [1.29, 1.82) is 0 Å². The largest absolute Gasteiger partial charge is 0.361 e. The second-order valence-electron chi connectivity index (χ2n) is 5.26. The number of nitrogens with zero attached hydrogens (tertiary/aromatic N) is 2. The van der Waals surface area contributed by atoms with Crippen LogP contribution in [0.3, 0.4) is 0 Å². The molecule has 1 N–H and O–H groups in total. The highest BCUT2D eigenvalue weighted by Crippen LogP contribution is 2.30. The molecule has 5 nitrogen and oxygen atoms in total. The minimum Gasteiger partial charge on any atom is -0.361 e. The topological polar surface area (TPSA) is 68.0 Å². The van der Waals surface area contributed by atoms with Crippen molar-refractivity contribution in [2.45, 2.75) is 33.7 Å². The Morgan fingerprint density at radius 3 is 2.78 bits per heavy atom. The number of nitrogens with one attached hydrogen (secondary N) is 1. The summed E-state index contributed by atoms with van der Waals surface area (Å²) in [6, 6.07) is 4.07. The zero-order chi connectivity index (χ0) is 16.4. The molecule has 0 aliphatic carbocycles. The molecule has 0 saturated heterocycles. The molecule has 0 bridgehead atoms. The van der Waals surface area contributed by atoms with E-state index in [0.29, 0.717) is 12.3 Å². The molecule has 3 aromatic heterocycles. The summed E-state index contributed by atoms with van der Waals surface area (Å²) < 4.78 is 5.09. The van der Waals surface area contributed by atoms with Crippen LogP contribution in [-0.2, 0) is 17.8 Å². The number of thiophene rings is 1. The number of hydrogen-bond donors (Lipinski definition) is 1. The van der Waals surface area contributed by atoms with Crippen LogP contribution in [0.1, 0.15) is 27.6 Å². The average molecular weight is 347 g/mol. The van der Waals surface area contributed by atoms with Crippen molar-refractivity contribution < 1.29 is 9.32 Å². The molecule has 3 heterocycles. The number of carbonyl (C=O) groups is 1. The lowest BCUT2D eigenvalue weighted by Gasteiger charge is -2.04. The van der Waals surface area contributed by atoms with Gasteiger partial charge in [0.1, 0.15) is 10.8 Å². The van der Waals surface area contributed by atoms with E-state index in [9.17, 15) is 4.79 Å². The van der Waals surface area contributed by atoms with Crippen molar-refractivity contribution in [1.82, 2.24) is 15.5 Å². The average Bonchev–Trinajstić information content (AvgIpc) is 3.22. The number of thiazole rings is 1. The van der Waals surface area contributed by atoms with Gasteiger partial charge >= 0.3 is 0 Å². The van der Waals surface area contributed by atoms with Crippen LogP contribution < -0.4 is 5.32 Å². The maximum absolute atomic E-state index is 12.1. The molecule has 7 heteroatoms. The third-order valence-electron chi connectivity index (χ3n) is 3.59. The lowest BCUT2D eigenvalue weighted by Crippen LogP contribution is -2.24. The van der Waals surface area contributed by atoms with E-state index >= 15 is 0 Å². The summed E-state index contributed by atoms with van der Waals surface area (Å²) in [7, 11) is 0. The minimum absolute atomic E-state index is 0.0372. The van der Waals surface area contributed by atoms with E-state index in [2.05, 4.69) is 21.5 Å². The Morgan fingerprint density at radius 2 is 2.13 bits per heavy atom. The third kappa shape index (κ3) is 3.51. The van der Waals surface area contributed by atoms with E-state index in [1.165, 1.54) is 0 Å². The van der Waals surface area contributed by atoms with E-state index in [-0.39, 0.29) is 12.3 Å². The fourth-order valence-electron chi connectivity index (χ4n) is 2.25. The molecule has 0 atom stereocenters. The van der Waals surface area contributed by atoms with Gasteiger partial charge in [-0.25, -0.2) is 4.98 Å². The van der Waals surface area contributed by atoms with Crippen LogP contribution in [0.25, 0.3) is 9.88 Å². The van der Waals surface area contributed by atoms with Crippen LogP contribution in [0.15, 0.2) is 22.0 Å². The van der Waals surface area contributed by atoms with Crippen LogP contribution >= 0.6 is 22.7 Å². The highest BCUT2D eigenvalue weighted by atomic mass is 32.1. The van der Waals surface area contributed by atoms with Crippen molar-refractivity contribution in [3.8, 4) is 9.88 Å². The SMILES string of the molecule is Cc1nc(-c2cccs2)sc1CNC(=O)Cc1c(C)noc1C. The molecular weight excluding hydrogens is 330 g/mol. The van der Waals surface area contributed by atoms with E-state index in [1.54, 1.807) is 22.7 Å². The van der Waals surface area contributed by atoms with Crippen molar-refractivity contribution >= 4 is 28.6 Å². The monoisotopic (exact) mass is 347 g/mol. The fourth-order valence-corrected chi connectivity index (χ4v) is 4.05. The van der Waals surface area contributed by atoms with Gasteiger partial charge in [-0.3, -0.25) is 4.79 Å². The first-order valence-electron chi connectivity index (χ1n) is 7.23. The molecule has 120 valence electrons. The lowest BCUT2D eigenvalue weighted by molar-refractivity contribution is -0.120. The predicted octanol–water partition coefficient (Wildman–Crippen LogP) is 3.64. The minimum atomic E-state index is -0.0372. The maximum atomic E-state index is 12.1. The number of carbonyl (C=O) groups excluding carboxylic acids is 1. The first-order valence-corrected chi connectivity index (χ1v) is 8.93. The third-order valence-corrected chi connectivity index (χ3v) is 5.79. The summed E-state index contributed by atoms with van der Waals surface area (Å²) in [5, 5.41) is 9.87. The molecule has 0 fully saturated rings. The van der Waals surface area contributed by atoms with Gasteiger partial charge in [0.05, 0.1) is 29.2 Å². The summed E-state index contributed by atoms with van der Waals surface area (Å²) in [5.41, 5.74) is 2.60. The van der Waals surface area contributed by atoms with Crippen LogP contribution in [0, 0.1) is 20.8 Å². The predicted molar refractivity (Wildman–Crippen MR) is 91.7 cm³/mol. The molecule has 0 aromatic carbocycles.